The Labute approximate surface area is 166 Å². The first-order chi connectivity index (χ1) is 11.2. The minimum atomic E-state index is 0. The van der Waals surface area contributed by atoms with E-state index >= 15 is 0 Å². The van der Waals surface area contributed by atoms with E-state index in [1.807, 2.05) is 0 Å². The van der Waals surface area contributed by atoms with E-state index in [1.54, 1.807) is 0 Å². The molecular formula is C19H37Cl2N3O. The van der Waals surface area contributed by atoms with Crippen LogP contribution in [0.1, 0.15) is 70.6 Å². The maximum Gasteiger partial charge on any atom is 0.223 e. The van der Waals surface area contributed by atoms with Crippen LogP contribution < -0.4 is 5.73 Å². The van der Waals surface area contributed by atoms with Crippen molar-refractivity contribution in [3.63, 3.8) is 0 Å². The van der Waals surface area contributed by atoms with Gasteiger partial charge in [0.15, 0.2) is 0 Å². The van der Waals surface area contributed by atoms with E-state index < -0.39 is 0 Å². The number of carbonyl (C=O) groups excluding carboxylic acids is 1. The summed E-state index contributed by atoms with van der Waals surface area (Å²) in [5.74, 6) is 0.370. The molecule has 2 N–H and O–H groups in total. The molecule has 3 rings (SSSR count). The third kappa shape index (κ3) is 5.98. The molecular weight excluding hydrogens is 357 g/mol. The standard InChI is InChI=1S/C19H35N3O.2ClH/c20-16-19(9-3-1-4-10-19)15-18(23)22-13-7-17(8-14-22)21-11-5-2-6-12-21;;/h17H,1-16,20H2;2*1H. The minimum Gasteiger partial charge on any atom is -0.343 e. The van der Waals surface area contributed by atoms with Crippen molar-refractivity contribution in [1.82, 2.24) is 9.80 Å². The van der Waals surface area contributed by atoms with Crippen molar-refractivity contribution in [2.45, 2.75) is 76.7 Å². The number of hydrogen-bond donors (Lipinski definition) is 1. The highest BCUT2D eigenvalue weighted by Crippen LogP contribution is 2.39. The van der Waals surface area contributed by atoms with Crippen molar-refractivity contribution >= 4 is 30.7 Å². The van der Waals surface area contributed by atoms with Gasteiger partial charge in [-0.1, -0.05) is 25.7 Å². The number of nitrogens with zero attached hydrogens (tertiary/aromatic N) is 2. The number of halogens is 2. The molecule has 6 heteroatoms. The Hall–Kier alpha value is -0.0300. The molecule has 1 saturated carbocycles. The van der Waals surface area contributed by atoms with E-state index in [9.17, 15) is 4.79 Å². The minimum absolute atomic E-state index is 0. The number of carbonyl (C=O) groups is 1. The van der Waals surface area contributed by atoms with E-state index in [1.165, 1.54) is 64.5 Å². The zero-order chi connectivity index (χ0) is 16.1. The molecule has 148 valence electrons. The summed E-state index contributed by atoms with van der Waals surface area (Å²) in [6.45, 7) is 5.15. The molecule has 2 heterocycles. The van der Waals surface area contributed by atoms with Gasteiger partial charge in [0.1, 0.15) is 0 Å². The smallest absolute Gasteiger partial charge is 0.223 e. The summed E-state index contributed by atoms with van der Waals surface area (Å²) in [4.78, 5) is 17.6. The number of likely N-dealkylation sites (tertiary alicyclic amines) is 2. The molecule has 3 fully saturated rings. The first-order valence-corrected chi connectivity index (χ1v) is 9.94. The molecule has 0 atom stereocenters. The van der Waals surface area contributed by atoms with Crippen molar-refractivity contribution < 1.29 is 4.79 Å². The van der Waals surface area contributed by atoms with Crippen LogP contribution in [0.5, 0.6) is 0 Å². The largest absolute Gasteiger partial charge is 0.343 e. The third-order valence-electron chi connectivity index (χ3n) is 6.60. The predicted molar refractivity (Wildman–Crippen MR) is 109 cm³/mol. The fourth-order valence-electron chi connectivity index (χ4n) is 4.95. The Kier molecular flexibility index (Phi) is 10.1. The number of hydrogen-bond acceptors (Lipinski definition) is 3. The quantitative estimate of drug-likeness (QED) is 0.793. The van der Waals surface area contributed by atoms with Crippen molar-refractivity contribution in [3.05, 3.63) is 0 Å². The van der Waals surface area contributed by atoms with Crippen LogP contribution in [0.2, 0.25) is 0 Å². The maximum atomic E-state index is 12.8. The predicted octanol–water partition coefficient (Wildman–Crippen LogP) is 3.61. The van der Waals surface area contributed by atoms with Gasteiger partial charge >= 0.3 is 0 Å². The zero-order valence-electron chi connectivity index (χ0n) is 15.6. The monoisotopic (exact) mass is 393 g/mol. The van der Waals surface area contributed by atoms with Gasteiger partial charge in [-0.15, -0.1) is 24.8 Å². The van der Waals surface area contributed by atoms with Crippen LogP contribution in [0, 0.1) is 5.41 Å². The summed E-state index contributed by atoms with van der Waals surface area (Å²) in [5.41, 5.74) is 6.17. The Bertz CT molecular complexity index is 388. The highest BCUT2D eigenvalue weighted by Gasteiger charge is 2.35. The second-order valence-electron chi connectivity index (χ2n) is 8.15. The second-order valence-corrected chi connectivity index (χ2v) is 8.15. The van der Waals surface area contributed by atoms with Gasteiger partial charge in [0.25, 0.3) is 0 Å². The lowest BCUT2D eigenvalue weighted by Gasteiger charge is -2.42. The molecule has 0 bridgehead atoms. The molecule has 1 aliphatic carbocycles. The molecule has 0 spiro atoms. The Balaban J connectivity index is 0.00000156. The molecule has 0 unspecified atom stereocenters. The number of nitrogens with two attached hydrogens (primary N) is 1. The van der Waals surface area contributed by atoms with Crippen LogP contribution in [-0.2, 0) is 4.79 Å². The number of piperidine rings is 2. The fraction of sp³-hybridized carbons (Fsp3) is 0.947. The zero-order valence-corrected chi connectivity index (χ0v) is 17.2. The fourth-order valence-corrected chi connectivity index (χ4v) is 4.95. The first kappa shape index (κ1) is 23.0. The van der Waals surface area contributed by atoms with Crippen molar-refractivity contribution in [2.75, 3.05) is 32.7 Å². The molecule has 1 amide bonds. The Morgan fingerprint density at radius 3 is 2.00 bits per heavy atom. The van der Waals surface area contributed by atoms with Crippen LogP contribution in [0.25, 0.3) is 0 Å². The molecule has 0 aromatic rings. The number of rotatable bonds is 4. The lowest BCUT2D eigenvalue weighted by atomic mass is 9.71. The lowest BCUT2D eigenvalue weighted by Crippen LogP contribution is -2.49. The Morgan fingerprint density at radius 2 is 1.44 bits per heavy atom. The highest BCUT2D eigenvalue weighted by molar-refractivity contribution is 5.85. The van der Waals surface area contributed by atoms with Crippen LogP contribution in [0.15, 0.2) is 0 Å². The second kappa shape index (κ2) is 11.0. The molecule has 25 heavy (non-hydrogen) atoms. The van der Waals surface area contributed by atoms with E-state index in [0.29, 0.717) is 18.9 Å². The highest BCUT2D eigenvalue weighted by atomic mass is 35.5. The molecule has 0 aromatic carbocycles. The van der Waals surface area contributed by atoms with Crippen LogP contribution in [0.4, 0.5) is 0 Å². The van der Waals surface area contributed by atoms with Gasteiger partial charge in [0.2, 0.25) is 5.91 Å². The van der Waals surface area contributed by atoms with Crippen molar-refractivity contribution in [1.29, 1.82) is 0 Å². The van der Waals surface area contributed by atoms with Crippen molar-refractivity contribution in [2.24, 2.45) is 11.1 Å². The average molecular weight is 394 g/mol. The van der Waals surface area contributed by atoms with E-state index in [-0.39, 0.29) is 30.2 Å². The summed E-state index contributed by atoms with van der Waals surface area (Å²) in [6, 6.07) is 0.720. The summed E-state index contributed by atoms with van der Waals surface area (Å²) in [6.07, 6.45) is 13.3. The number of amides is 1. The van der Waals surface area contributed by atoms with Gasteiger partial charge in [-0.2, -0.15) is 0 Å². The van der Waals surface area contributed by atoms with E-state index in [0.717, 1.165) is 32.0 Å². The summed E-state index contributed by atoms with van der Waals surface area (Å²) >= 11 is 0. The van der Waals surface area contributed by atoms with E-state index in [4.69, 9.17) is 5.73 Å². The lowest BCUT2D eigenvalue weighted by molar-refractivity contribution is -0.135. The van der Waals surface area contributed by atoms with Crippen LogP contribution in [0.3, 0.4) is 0 Å². The van der Waals surface area contributed by atoms with Gasteiger partial charge in [0, 0.05) is 25.6 Å². The molecule has 4 nitrogen and oxygen atoms in total. The first-order valence-electron chi connectivity index (χ1n) is 9.94. The average Bonchev–Trinajstić information content (AvgIpc) is 2.63. The molecule has 2 saturated heterocycles. The van der Waals surface area contributed by atoms with E-state index in [2.05, 4.69) is 9.80 Å². The van der Waals surface area contributed by atoms with Gasteiger partial charge in [-0.05, 0) is 63.6 Å². The normalized spacial score (nSPS) is 24.9. The summed E-state index contributed by atoms with van der Waals surface area (Å²) in [7, 11) is 0. The maximum absolute atomic E-state index is 12.8. The Morgan fingerprint density at radius 1 is 0.880 bits per heavy atom. The van der Waals surface area contributed by atoms with Gasteiger partial charge in [-0.3, -0.25) is 4.79 Å². The van der Waals surface area contributed by atoms with Crippen LogP contribution in [-0.4, -0.2) is 54.5 Å². The summed E-state index contributed by atoms with van der Waals surface area (Å²) < 4.78 is 0. The topological polar surface area (TPSA) is 49.6 Å². The van der Waals surface area contributed by atoms with Gasteiger partial charge < -0.3 is 15.5 Å². The van der Waals surface area contributed by atoms with Crippen LogP contribution >= 0.6 is 24.8 Å². The summed E-state index contributed by atoms with van der Waals surface area (Å²) in [5, 5.41) is 0. The molecule has 3 aliphatic rings. The van der Waals surface area contributed by atoms with Crippen molar-refractivity contribution in [3.8, 4) is 0 Å². The molecule has 0 aromatic heterocycles. The van der Waals surface area contributed by atoms with Gasteiger partial charge in [-0.25, -0.2) is 0 Å². The molecule has 0 radical (unpaired) electrons. The van der Waals surface area contributed by atoms with Gasteiger partial charge in [0.05, 0.1) is 0 Å². The SMILES string of the molecule is Cl.Cl.NCC1(CC(=O)N2CCC(N3CCCCC3)CC2)CCCCC1. The molecule has 2 aliphatic heterocycles. The third-order valence-corrected chi connectivity index (χ3v) is 6.60.